The van der Waals surface area contributed by atoms with Gasteiger partial charge in [0.15, 0.2) is 12.4 Å². The first-order valence-corrected chi connectivity index (χ1v) is 10.8. The third-order valence-corrected chi connectivity index (χ3v) is 4.21. The van der Waals surface area contributed by atoms with Gasteiger partial charge < -0.3 is 39.5 Å². The monoisotopic (exact) mass is 462 g/mol. The topological polar surface area (TPSA) is 152 Å². The number of rotatable bonds is 13. The number of ether oxygens (including phenoxy) is 5. The second-order valence-corrected chi connectivity index (χ2v) is 7.14. The maximum Gasteiger partial charge on any atom is 0.303 e. The van der Waals surface area contributed by atoms with Crippen molar-refractivity contribution in [3.63, 3.8) is 0 Å². The van der Waals surface area contributed by atoms with Crippen LogP contribution < -0.4 is 11.1 Å². The highest BCUT2D eigenvalue weighted by Gasteiger charge is 2.44. The summed E-state index contributed by atoms with van der Waals surface area (Å²) in [5, 5.41) is 2.99. The van der Waals surface area contributed by atoms with Gasteiger partial charge in [-0.05, 0) is 39.4 Å². The van der Waals surface area contributed by atoms with E-state index >= 15 is 0 Å². The standard InChI is InChI=1S/C17H26O9.C4H12N2/c1-11(19)23-10-15-17(25-13(3)21)14(24-12(2)20)9-16(26-15)22-8-6-4-5-7-18;1-6-4-2-3-5/h7,14-17H,4-6,8-10H2,1-3H3;6H,2-5H2,1H3. The van der Waals surface area contributed by atoms with E-state index in [4.69, 9.17) is 29.4 Å². The Kier molecular flexibility index (Phi) is 17.3. The zero-order valence-corrected chi connectivity index (χ0v) is 19.5. The van der Waals surface area contributed by atoms with Crippen molar-refractivity contribution >= 4 is 24.2 Å². The summed E-state index contributed by atoms with van der Waals surface area (Å²) in [5.74, 6) is -1.63. The van der Waals surface area contributed by atoms with E-state index in [1.807, 2.05) is 7.05 Å². The van der Waals surface area contributed by atoms with Crippen molar-refractivity contribution < 1.29 is 42.9 Å². The predicted molar refractivity (Wildman–Crippen MR) is 114 cm³/mol. The van der Waals surface area contributed by atoms with Crippen LogP contribution in [0.4, 0.5) is 0 Å². The van der Waals surface area contributed by atoms with Crippen LogP contribution in [0.5, 0.6) is 0 Å². The minimum absolute atomic E-state index is 0.168. The highest BCUT2D eigenvalue weighted by molar-refractivity contribution is 5.67. The quantitative estimate of drug-likeness (QED) is 0.170. The Labute approximate surface area is 189 Å². The Morgan fingerprint density at radius 3 is 2.25 bits per heavy atom. The molecule has 1 fully saturated rings. The number of hydrogen-bond donors (Lipinski definition) is 2. The van der Waals surface area contributed by atoms with Crippen molar-refractivity contribution in [1.82, 2.24) is 5.32 Å². The summed E-state index contributed by atoms with van der Waals surface area (Å²) < 4.78 is 26.8. The fourth-order valence-electron chi connectivity index (χ4n) is 2.83. The van der Waals surface area contributed by atoms with E-state index in [0.717, 1.165) is 25.8 Å². The van der Waals surface area contributed by atoms with Gasteiger partial charge in [0, 0.05) is 40.2 Å². The zero-order chi connectivity index (χ0) is 24.4. The lowest BCUT2D eigenvalue weighted by Crippen LogP contribution is -2.54. The van der Waals surface area contributed by atoms with Crippen molar-refractivity contribution in [3.05, 3.63) is 0 Å². The number of hydrogen-bond acceptors (Lipinski definition) is 11. The molecule has 0 saturated carbocycles. The Balaban J connectivity index is 0.00000140. The molecule has 1 heterocycles. The van der Waals surface area contributed by atoms with Gasteiger partial charge in [-0.1, -0.05) is 0 Å². The molecule has 32 heavy (non-hydrogen) atoms. The van der Waals surface area contributed by atoms with E-state index in [1.54, 1.807) is 0 Å². The SMILES string of the molecule is CC(=O)OCC1OC(OCCCCC=O)CC(OC(C)=O)C1OC(C)=O.CNCCCN. The summed E-state index contributed by atoms with van der Waals surface area (Å²) >= 11 is 0. The first-order chi connectivity index (χ1) is 15.2. The summed E-state index contributed by atoms with van der Waals surface area (Å²) in [5.41, 5.74) is 5.17. The van der Waals surface area contributed by atoms with Crippen LogP contribution in [0.1, 0.15) is 52.9 Å². The van der Waals surface area contributed by atoms with Gasteiger partial charge >= 0.3 is 17.9 Å². The van der Waals surface area contributed by atoms with Crippen LogP contribution in [0.2, 0.25) is 0 Å². The summed E-state index contributed by atoms with van der Waals surface area (Å²) in [4.78, 5) is 44.2. The largest absolute Gasteiger partial charge is 0.463 e. The summed E-state index contributed by atoms with van der Waals surface area (Å²) in [6.07, 6.45) is 0.648. The molecule has 0 aromatic carbocycles. The lowest BCUT2D eigenvalue weighted by molar-refractivity contribution is -0.266. The number of unbranched alkanes of at least 4 members (excludes halogenated alkanes) is 2. The molecule has 0 amide bonds. The highest BCUT2D eigenvalue weighted by Crippen LogP contribution is 2.27. The normalized spacial score (nSPS) is 22.2. The molecule has 0 bridgehead atoms. The van der Waals surface area contributed by atoms with Crippen molar-refractivity contribution in [1.29, 1.82) is 0 Å². The fraction of sp³-hybridized carbons (Fsp3) is 0.810. The second-order valence-electron chi connectivity index (χ2n) is 7.14. The molecule has 1 aliphatic rings. The van der Waals surface area contributed by atoms with Crippen molar-refractivity contribution in [2.45, 2.75) is 77.5 Å². The molecule has 4 atom stereocenters. The smallest absolute Gasteiger partial charge is 0.303 e. The molecule has 0 aromatic heterocycles. The molecule has 0 aliphatic carbocycles. The maximum atomic E-state index is 11.4. The summed E-state index contributed by atoms with van der Waals surface area (Å²) in [7, 11) is 1.93. The zero-order valence-electron chi connectivity index (χ0n) is 19.5. The molecule has 1 aliphatic heterocycles. The molecule has 11 nitrogen and oxygen atoms in total. The Hall–Kier alpha value is -2.08. The Morgan fingerprint density at radius 1 is 1.06 bits per heavy atom. The molecule has 0 radical (unpaired) electrons. The first-order valence-electron chi connectivity index (χ1n) is 10.8. The number of nitrogens with one attached hydrogen (secondary N) is 1. The molecule has 186 valence electrons. The van der Waals surface area contributed by atoms with Crippen LogP contribution in [-0.2, 0) is 42.9 Å². The van der Waals surface area contributed by atoms with Crippen molar-refractivity contribution in [2.24, 2.45) is 5.73 Å². The van der Waals surface area contributed by atoms with Gasteiger partial charge in [-0.2, -0.15) is 0 Å². The van der Waals surface area contributed by atoms with Crippen molar-refractivity contribution in [2.75, 3.05) is 33.4 Å². The number of esters is 3. The highest BCUT2D eigenvalue weighted by atomic mass is 16.7. The van der Waals surface area contributed by atoms with E-state index in [9.17, 15) is 19.2 Å². The minimum Gasteiger partial charge on any atom is -0.463 e. The first kappa shape index (κ1) is 29.9. The number of carbonyl (C=O) groups is 4. The van der Waals surface area contributed by atoms with Crippen molar-refractivity contribution in [3.8, 4) is 0 Å². The lowest BCUT2D eigenvalue weighted by Gasteiger charge is -2.39. The molecule has 0 spiro atoms. The summed E-state index contributed by atoms with van der Waals surface area (Å²) in [6.45, 7) is 5.73. The third-order valence-electron chi connectivity index (χ3n) is 4.21. The van der Waals surface area contributed by atoms with Gasteiger partial charge in [0.25, 0.3) is 0 Å². The number of nitrogens with two attached hydrogens (primary N) is 1. The minimum atomic E-state index is -0.911. The van der Waals surface area contributed by atoms with E-state index in [0.29, 0.717) is 25.9 Å². The molecule has 4 unspecified atom stereocenters. The van der Waals surface area contributed by atoms with Crippen LogP contribution in [0.15, 0.2) is 0 Å². The lowest BCUT2D eigenvalue weighted by atomic mass is 10.0. The number of carbonyl (C=O) groups excluding carboxylic acids is 4. The summed E-state index contributed by atoms with van der Waals surface area (Å²) in [6, 6.07) is 0. The van der Waals surface area contributed by atoms with Gasteiger partial charge in [-0.15, -0.1) is 0 Å². The van der Waals surface area contributed by atoms with Gasteiger partial charge in [-0.25, -0.2) is 0 Å². The average Bonchev–Trinajstić information content (AvgIpc) is 2.72. The van der Waals surface area contributed by atoms with E-state index in [1.165, 1.54) is 20.8 Å². The Bertz CT molecular complexity index is 555. The van der Waals surface area contributed by atoms with E-state index in [2.05, 4.69) is 5.32 Å². The van der Waals surface area contributed by atoms with Gasteiger partial charge in [0.05, 0.1) is 0 Å². The van der Waals surface area contributed by atoms with Crippen LogP contribution in [0.25, 0.3) is 0 Å². The van der Waals surface area contributed by atoms with Gasteiger partial charge in [0.1, 0.15) is 25.1 Å². The van der Waals surface area contributed by atoms with Crippen LogP contribution in [-0.4, -0.2) is 82.1 Å². The average molecular weight is 463 g/mol. The number of aldehydes is 1. The van der Waals surface area contributed by atoms with Gasteiger partial charge in [-0.3, -0.25) is 14.4 Å². The van der Waals surface area contributed by atoms with Crippen LogP contribution in [0, 0.1) is 0 Å². The van der Waals surface area contributed by atoms with E-state index < -0.39 is 42.5 Å². The Morgan fingerprint density at radius 2 is 1.75 bits per heavy atom. The van der Waals surface area contributed by atoms with E-state index in [-0.39, 0.29) is 13.0 Å². The fourth-order valence-corrected chi connectivity index (χ4v) is 2.83. The molecule has 0 aromatic rings. The van der Waals surface area contributed by atoms with Crippen LogP contribution in [0.3, 0.4) is 0 Å². The second kappa shape index (κ2) is 18.5. The molecular weight excluding hydrogens is 424 g/mol. The van der Waals surface area contributed by atoms with Gasteiger partial charge in [0.2, 0.25) is 0 Å². The molecular formula is C21H38N2O9. The molecule has 3 N–H and O–H groups in total. The molecule has 1 rings (SSSR count). The van der Waals surface area contributed by atoms with Crippen LogP contribution >= 0.6 is 0 Å². The predicted octanol–water partition coefficient (Wildman–Crippen LogP) is 0.468. The molecule has 11 heteroatoms. The third kappa shape index (κ3) is 14.8. The molecule has 1 saturated heterocycles. The maximum absolute atomic E-state index is 11.4.